The molecule has 0 spiro atoms. The van der Waals surface area contributed by atoms with Gasteiger partial charge in [0.05, 0.1) is 21.3 Å². The maximum Gasteiger partial charge on any atom is 0.128 e. The Hall–Kier alpha value is -0.0900. The molecule has 1 N–H and O–H groups in total. The van der Waals surface area contributed by atoms with E-state index in [9.17, 15) is 4.21 Å². The molecule has 2 fully saturated rings. The van der Waals surface area contributed by atoms with Crippen molar-refractivity contribution in [2.75, 3.05) is 0 Å². The van der Waals surface area contributed by atoms with Gasteiger partial charge in [-0.2, -0.15) is 0 Å². The van der Waals surface area contributed by atoms with Crippen LogP contribution in [0.1, 0.15) is 77.3 Å². The normalized spacial score (nSPS) is 29.2. The van der Waals surface area contributed by atoms with Crippen LogP contribution >= 0.6 is 23.2 Å². The molecule has 140 valence electrons. The van der Waals surface area contributed by atoms with Gasteiger partial charge in [-0.05, 0) is 51.2 Å². The minimum atomic E-state index is -1.10. The molecule has 1 aromatic carbocycles. The summed E-state index contributed by atoms with van der Waals surface area (Å²) >= 11 is 12.8. The molecule has 2 saturated carbocycles. The van der Waals surface area contributed by atoms with Crippen LogP contribution in [0.4, 0.5) is 0 Å². The Morgan fingerprint density at radius 1 is 1.08 bits per heavy atom. The molecule has 2 aliphatic rings. The lowest BCUT2D eigenvalue weighted by Crippen LogP contribution is -2.49. The second-order valence-corrected chi connectivity index (χ2v) is 12.4. The molecule has 0 heterocycles. The van der Waals surface area contributed by atoms with Gasteiger partial charge in [-0.15, -0.1) is 23.2 Å². The summed E-state index contributed by atoms with van der Waals surface area (Å²) in [5.74, 6) is 0. The number of rotatable bonds is 4. The summed E-state index contributed by atoms with van der Waals surface area (Å²) in [4.78, 5) is 0. The molecule has 3 rings (SSSR count). The topological polar surface area (TPSA) is 29.1 Å². The van der Waals surface area contributed by atoms with Gasteiger partial charge < -0.3 is 0 Å². The molecule has 5 heteroatoms. The van der Waals surface area contributed by atoms with Crippen LogP contribution in [0.2, 0.25) is 0 Å². The van der Waals surface area contributed by atoms with Gasteiger partial charge in [-0.3, -0.25) is 0 Å². The van der Waals surface area contributed by atoms with E-state index in [0.717, 1.165) is 32.1 Å². The Balaban J connectivity index is 1.96. The van der Waals surface area contributed by atoms with E-state index in [2.05, 4.69) is 35.9 Å². The molecule has 0 aromatic heterocycles. The van der Waals surface area contributed by atoms with Gasteiger partial charge in [0.2, 0.25) is 0 Å². The van der Waals surface area contributed by atoms with Crippen LogP contribution in [0.5, 0.6) is 0 Å². The van der Waals surface area contributed by atoms with Gasteiger partial charge in [0.1, 0.15) is 4.33 Å². The molecule has 2 atom stereocenters. The van der Waals surface area contributed by atoms with Crippen molar-refractivity contribution in [2.24, 2.45) is 0 Å². The van der Waals surface area contributed by atoms with Crippen molar-refractivity contribution >= 4 is 34.2 Å². The number of hydrogen-bond donors (Lipinski definition) is 1. The van der Waals surface area contributed by atoms with E-state index in [1.807, 2.05) is 20.8 Å². The standard InChI is InChI=1S/C20H29Cl2NOS/c1-17(2,3)25(24)23-19(11-6-5-7-12-19)16-10-8-9-15(13-16)18(4)14-20(18,21)22/h8-10,13,23H,5-7,11-12,14H2,1-4H3. The number of alkyl halides is 2. The third-order valence-electron chi connectivity index (χ3n) is 5.86. The first-order valence-corrected chi connectivity index (χ1v) is 11.1. The van der Waals surface area contributed by atoms with E-state index in [1.54, 1.807) is 0 Å². The Morgan fingerprint density at radius 3 is 2.16 bits per heavy atom. The summed E-state index contributed by atoms with van der Waals surface area (Å²) in [5, 5.41) is 0. The highest BCUT2D eigenvalue weighted by molar-refractivity contribution is 7.84. The third-order valence-corrected chi connectivity index (χ3v) is 8.65. The molecule has 2 unspecified atom stereocenters. The monoisotopic (exact) mass is 401 g/mol. The molecule has 25 heavy (non-hydrogen) atoms. The van der Waals surface area contributed by atoms with Crippen LogP contribution in [0, 0.1) is 0 Å². The van der Waals surface area contributed by atoms with Crippen LogP contribution in [0.3, 0.4) is 0 Å². The predicted octanol–water partition coefficient (Wildman–Crippen LogP) is 5.73. The first-order valence-electron chi connectivity index (χ1n) is 9.19. The second kappa shape index (κ2) is 6.51. The number of halogens is 2. The Bertz CT molecular complexity index is 677. The lowest BCUT2D eigenvalue weighted by Gasteiger charge is -2.40. The minimum absolute atomic E-state index is 0.189. The highest BCUT2D eigenvalue weighted by atomic mass is 35.5. The van der Waals surface area contributed by atoms with Crippen molar-refractivity contribution in [3.63, 3.8) is 0 Å². The fraction of sp³-hybridized carbons (Fsp3) is 0.700. The van der Waals surface area contributed by atoms with Gasteiger partial charge in [0.25, 0.3) is 0 Å². The summed E-state index contributed by atoms with van der Waals surface area (Å²) in [6.45, 7) is 8.18. The maximum absolute atomic E-state index is 12.9. The van der Waals surface area contributed by atoms with E-state index in [-0.39, 0.29) is 15.7 Å². The van der Waals surface area contributed by atoms with E-state index in [4.69, 9.17) is 23.2 Å². The van der Waals surface area contributed by atoms with Gasteiger partial charge in [0, 0.05) is 5.41 Å². The average Bonchev–Trinajstić information content (AvgIpc) is 3.07. The maximum atomic E-state index is 12.9. The Labute approximate surface area is 164 Å². The zero-order chi connectivity index (χ0) is 18.5. The SMILES string of the molecule is CC(C)(C)S(=O)NC1(c2cccc(C3(C)CC3(Cl)Cl)c2)CCCCC1. The molecule has 1 aromatic rings. The van der Waals surface area contributed by atoms with Crippen LogP contribution in [0.25, 0.3) is 0 Å². The zero-order valence-electron chi connectivity index (χ0n) is 15.6. The van der Waals surface area contributed by atoms with Crippen LogP contribution in [0.15, 0.2) is 24.3 Å². The predicted molar refractivity (Wildman–Crippen MR) is 109 cm³/mol. The van der Waals surface area contributed by atoms with Crippen molar-refractivity contribution in [3.8, 4) is 0 Å². The van der Waals surface area contributed by atoms with Gasteiger partial charge in [-0.1, -0.05) is 50.5 Å². The van der Waals surface area contributed by atoms with Crippen molar-refractivity contribution < 1.29 is 4.21 Å². The van der Waals surface area contributed by atoms with Crippen molar-refractivity contribution in [1.29, 1.82) is 0 Å². The smallest absolute Gasteiger partial charge is 0.128 e. The Morgan fingerprint density at radius 2 is 1.64 bits per heavy atom. The first-order chi connectivity index (χ1) is 11.5. The Kier molecular flexibility index (Phi) is 5.12. The fourth-order valence-electron chi connectivity index (χ4n) is 3.81. The summed E-state index contributed by atoms with van der Waals surface area (Å²) in [7, 11) is -1.10. The quantitative estimate of drug-likeness (QED) is 0.640. The van der Waals surface area contributed by atoms with Gasteiger partial charge in [-0.25, -0.2) is 8.93 Å². The molecule has 0 radical (unpaired) electrons. The zero-order valence-corrected chi connectivity index (χ0v) is 18.0. The van der Waals surface area contributed by atoms with Crippen LogP contribution < -0.4 is 4.72 Å². The molecular weight excluding hydrogens is 373 g/mol. The molecular formula is C20H29Cl2NOS. The largest absolute Gasteiger partial charge is 0.242 e. The fourth-order valence-corrected chi connectivity index (χ4v) is 5.54. The lowest BCUT2D eigenvalue weighted by atomic mass is 9.76. The second-order valence-electron chi connectivity index (χ2n) is 8.92. The minimum Gasteiger partial charge on any atom is -0.242 e. The van der Waals surface area contributed by atoms with Crippen molar-refractivity contribution in [1.82, 2.24) is 4.72 Å². The van der Waals surface area contributed by atoms with E-state index < -0.39 is 15.3 Å². The van der Waals surface area contributed by atoms with Crippen molar-refractivity contribution in [2.45, 2.75) is 86.3 Å². The molecule has 2 aliphatic carbocycles. The van der Waals surface area contributed by atoms with E-state index in [1.165, 1.54) is 17.5 Å². The van der Waals surface area contributed by atoms with Crippen LogP contribution in [-0.4, -0.2) is 13.3 Å². The van der Waals surface area contributed by atoms with Gasteiger partial charge in [0.15, 0.2) is 0 Å². The molecule has 0 bridgehead atoms. The molecule has 0 saturated heterocycles. The van der Waals surface area contributed by atoms with Crippen molar-refractivity contribution in [3.05, 3.63) is 35.4 Å². The highest BCUT2D eigenvalue weighted by Crippen LogP contribution is 2.64. The van der Waals surface area contributed by atoms with E-state index >= 15 is 0 Å². The third kappa shape index (κ3) is 3.67. The molecule has 0 aliphatic heterocycles. The first kappa shape index (κ1) is 19.7. The molecule has 0 amide bonds. The summed E-state index contributed by atoms with van der Waals surface area (Å²) < 4.78 is 15.4. The number of nitrogens with one attached hydrogen (secondary N) is 1. The van der Waals surface area contributed by atoms with Gasteiger partial charge >= 0.3 is 0 Å². The van der Waals surface area contributed by atoms with E-state index in [0.29, 0.717) is 0 Å². The summed E-state index contributed by atoms with van der Waals surface area (Å²) in [5.41, 5.74) is 1.99. The average molecular weight is 402 g/mol. The summed E-state index contributed by atoms with van der Waals surface area (Å²) in [6, 6.07) is 8.62. The summed E-state index contributed by atoms with van der Waals surface area (Å²) in [6.07, 6.45) is 6.37. The van der Waals surface area contributed by atoms with Crippen LogP contribution in [-0.2, 0) is 21.9 Å². The lowest BCUT2D eigenvalue weighted by molar-refractivity contribution is 0.275. The number of benzene rings is 1. The number of hydrogen-bond acceptors (Lipinski definition) is 1. The molecule has 2 nitrogen and oxygen atoms in total. The highest BCUT2D eigenvalue weighted by Gasteiger charge is 2.63.